The summed E-state index contributed by atoms with van der Waals surface area (Å²) in [6.45, 7) is 5.57. The van der Waals surface area contributed by atoms with E-state index in [0.29, 0.717) is 28.6 Å². The number of carbonyl (C=O) groups is 1. The van der Waals surface area contributed by atoms with Crippen molar-refractivity contribution in [2.75, 3.05) is 11.9 Å². The summed E-state index contributed by atoms with van der Waals surface area (Å²) in [5.74, 6) is -0.466. The summed E-state index contributed by atoms with van der Waals surface area (Å²) in [6, 6.07) is 7.00. The highest BCUT2D eigenvalue weighted by atomic mass is 35.5. The minimum absolute atomic E-state index is 0.292. The van der Waals surface area contributed by atoms with Crippen molar-refractivity contribution in [3.05, 3.63) is 46.7 Å². The number of amides is 1. The van der Waals surface area contributed by atoms with Crippen molar-refractivity contribution in [1.82, 2.24) is 14.6 Å². The number of fused-ring (bicyclic) bond motifs is 1. The van der Waals surface area contributed by atoms with Gasteiger partial charge >= 0.3 is 0 Å². The number of primary amides is 1. The molecule has 0 aliphatic heterocycles. The number of nitrogens with one attached hydrogen (secondary N) is 1. The van der Waals surface area contributed by atoms with Gasteiger partial charge in [0.15, 0.2) is 10.8 Å². The van der Waals surface area contributed by atoms with Gasteiger partial charge in [-0.05, 0) is 38.5 Å². The number of carbonyl (C=O) groups excluding carboxylic acids is 1. The zero-order chi connectivity index (χ0) is 19.1. The first kappa shape index (κ1) is 18.2. The van der Waals surface area contributed by atoms with Crippen LogP contribution in [-0.4, -0.2) is 37.8 Å². The molecule has 0 aliphatic rings. The fourth-order valence-corrected chi connectivity index (χ4v) is 2.86. The van der Waals surface area contributed by atoms with Crippen LogP contribution in [0.2, 0.25) is 5.15 Å². The Labute approximate surface area is 155 Å². The normalized spacial score (nSPS) is 11.7. The highest BCUT2D eigenvalue weighted by Gasteiger charge is 2.17. The number of hydrogen-bond donors (Lipinski definition) is 3. The van der Waals surface area contributed by atoms with Crippen molar-refractivity contribution in [2.45, 2.75) is 26.4 Å². The second kappa shape index (κ2) is 6.59. The van der Waals surface area contributed by atoms with E-state index in [2.05, 4.69) is 15.4 Å². The number of aryl methyl sites for hydroxylation is 1. The maximum Gasteiger partial charge on any atom is 0.248 e. The van der Waals surface area contributed by atoms with E-state index in [1.165, 1.54) is 0 Å². The fraction of sp³-hybridized carbons (Fsp3) is 0.278. The van der Waals surface area contributed by atoms with Gasteiger partial charge in [-0.25, -0.2) is 9.50 Å². The van der Waals surface area contributed by atoms with E-state index in [0.717, 1.165) is 16.8 Å². The van der Waals surface area contributed by atoms with Crippen molar-refractivity contribution in [2.24, 2.45) is 5.73 Å². The highest BCUT2D eigenvalue weighted by molar-refractivity contribution is 6.29. The second-order valence-corrected chi connectivity index (χ2v) is 7.21. The van der Waals surface area contributed by atoms with Crippen LogP contribution in [-0.2, 0) is 0 Å². The number of anilines is 1. The van der Waals surface area contributed by atoms with E-state index in [-0.39, 0.29) is 0 Å². The molecule has 7 nitrogen and oxygen atoms in total. The van der Waals surface area contributed by atoms with E-state index in [1.54, 1.807) is 42.8 Å². The molecule has 0 radical (unpaired) electrons. The van der Waals surface area contributed by atoms with E-state index in [9.17, 15) is 9.90 Å². The van der Waals surface area contributed by atoms with Gasteiger partial charge in [0.05, 0.1) is 23.2 Å². The van der Waals surface area contributed by atoms with Crippen LogP contribution in [0.5, 0.6) is 0 Å². The average Bonchev–Trinajstić information content (AvgIpc) is 2.95. The third-order valence-electron chi connectivity index (χ3n) is 3.94. The number of hydrogen-bond acceptors (Lipinski definition) is 5. The molecule has 4 N–H and O–H groups in total. The lowest BCUT2D eigenvalue weighted by atomic mass is 10.0. The molecule has 26 heavy (non-hydrogen) atoms. The minimum Gasteiger partial charge on any atom is -0.389 e. The predicted octanol–water partition coefficient (Wildman–Crippen LogP) is 2.64. The Hall–Kier alpha value is -2.64. The van der Waals surface area contributed by atoms with Gasteiger partial charge in [0.2, 0.25) is 5.91 Å². The van der Waals surface area contributed by atoms with Crippen LogP contribution in [0.3, 0.4) is 0 Å². The number of benzene rings is 1. The van der Waals surface area contributed by atoms with Crippen LogP contribution in [0.15, 0.2) is 30.5 Å². The number of aromatic nitrogens is 3. The lowest BCUT2D eigenvalue weighted by Gasteiger charge is -2.18. The SMILES string of the molecule is Cc1cc(-c2cnc3c(NCC(C)(C)O)cc(Cl)nn23)ccc1C(N)=O. The zero-order valence-corrected chi connectivity index (χ0v) is 15.5. The number of halogens is 1. The average molecular weight is 374 g/mol. The Kier molecular flexibility index (Phi) is 4.60. The van der Waals surface area contributed by atoms with E-state index in [4.69, 9.17) is 17.3 Å². The van der Waals surface area contributed by atoms with Crippen molar-refractivity contribution >= 4 is 28.8 Å². The Bertz CT molecular complexity index is 991. The molecule has 0 saturated carbocycles. The summed E-state index contributed by atoms with van der Waals surface area (Å²) >= 11 is 6.16. The van der Waals surface area contributed by atoms with Gasteiger partial charge in [0.1, 0.15) is 0 Å². The molecule has 0 aliphatic carbocycles. The topological polar surface area (TPSA) is 106 Å². The van der Waals surface area contributed by atoms with Crippen LogP contribution < -0.4 is 11.1 Å². The molecule has 136 valence electrons. The first-order valence-corrected chi connectivity index (χ1v) is 8.45. The molecule has 0 unspecified atom stereocenters. The number of rotatable bonds is 5. The first-order chi connectivity index (χ1) is 12.2. The number of nitrogens with zero attached hydrogens (tertiary/aromatic N) is 3. The Morgan fingerprint density at radius 1 is 1.38 bits per heavy atom. The van der Waals surface area contributed by atoms with Gasteiger partial charge in [-0.15, -0.1) is 0 Å². The molecule has 1 aromatic carbocycles. The quantitative estimate of drug-likeness (QED) is 0.637. The van der Waals surface area contributed by atoms with Crippen LogP contribution in [0.4, 0.5) is 5.69 Å². The molecule has 3 rings (SSSR count). The summed E-state index contributed by atoms with van der Waals surface area (Å²) in [5, 5.41) is 17.7. The van der Waals surface area contributed by atoms with Gasteiger partial charge in [0.25, 0.3) is 0 Å². The maximum absolute atomic E-state index is 11.4. The van der Waals surface area contributed by atoms with Gasteiger partial charge in [-0.2, -0.15) is 5.10 Å². The molecule has 2 heterocycles. The van der Waals surface area contributed by atoms with Crippen LogP contribution in [0, 0.1) is 6.92 Å². The fourth-order valence-electron chi connectivity index (χ4n) is 2.68. The second-order valence-electron chi connectivity index (χ2n) is 6.82. The minimum atomic E-state index is -0.885. The Morgan fingerprint density at radius 2 is 2.12 bits per heavy atom. The molecule has 0 bridgehead atoms. The molecular formula is C18H20ClN5O2. The van der Waals surface area contributed by atoms with Gasteiger partial charge in [0, 0.05) is 23.7 Å². The molecule has 8 heteroatoms. The maximum atomic E-state index is 11.4. The van der Waals surface area contributed by atoms with Crippen molar-refractivity contribution in [1.29, 1.82) is 0 Å². The molecule has 0 spiro atoms. The van der Waals surface area contributed by atoms with E-state index < -0.39 is 11.5 Å². The molecular weight excluding hydrogens is 354 g/mol. The molecule has 0 fully saturated rings. The molecule has 2 aromatic heterocycles. The lowest BCUT2D eigenvalue weighted by Crippen LogP contribution is -2.29. The zero-order valence-electron chi connectivity index (χ0n) is 14.7. The van der Waals surface area contributed by atoms with Crippen LogP contribution in [0.25, 0.3) is 16.9 Å². The molecule has 1 amide bonds. The monoisotopic (exact) mass is 373 g/mol. The summed E-state index contributed by atoms with van der Waals surface area (Å²) in [4.78, 5) is 15.9. The highest BCUT2D eigenvalue weighted by Crippen LogP contribution is 2.27. The summed E-state index contributed by atoms with van der Waals surface area (Å²) in [7, 11) is 0. The summed E-state index contributed by atoms with van der Waals surface area (Å²) < 4.78 is 1.63. The summed E-state index contributed by atoms with van der Waals surface area (Å²) in [5.41, 5.74) is 8.55. The summed E-state index contributed by atoms with van der Waals surface area (Å²) in [6.07, 6.45) is 1.69. The van der Waals surface area contributed by atoms with Crippen molar-refractivity contribution in [3.8, 4) is 11.3 Å². The molecule has 3 aromatic rings. The third-order valence-corrected chi connectivity index (χ3v) is 4.12. The van der Waals surface area contributed by atoms with Gasteiger partial charge in [-0.3, -0.25) is 4.79 Å². The Balaban J connectivity index is 2.07. The van der Waals surface area contributed by atoms with E-state index >= 15 is 0 Å². The van der Waals surface area contributed by atoms with Gasteiger partial charge in [-0.1, -0.05) is 17.7 Å². The third kappa shape index (κ3) is 3.63. The van der Waals surface area contributed by atoms with E-state index in [1.807, 2.05) is 13.0 Å². The van der Waals surface area contributed by atoms with Crippen molar-refractivity contribution < 1.29 is 9.90 Å². The van der Waals surface area contributed by atoms with Crippen LogP contribution in [0.1, 0.15) is 29.8 Å². The lowest BCUT2D eigenvalue weighted by molar-refractivity contribution is 0.0944. The number of nitrogens with two attached hydrogens (primary N) is 1. The smallest absolute Gasteiger partial charge is 0.248 e. The predicted molar refractivity (Wildman–Crippen MR) is 101 cm³/mol. The largest absolute Gasteiger partial charge is 0.389 e. The standard InChI is InChI=1S/C18H20ClN5O2/c1-10-6-11(4-5-12(10)16(20)25)14-8-21-17-13(22-9-18(2,3)26)7-15(19)23-24(14)17/h4-8,22,26H,9H2,1-3H3,(H2,20,25). The number of aliphatic hydroxyl groups is 1. The van der Waals surface area contributed by atoms with Crippen LogP contribution >= 0.6 is 11.6 Å². The van der Waals surface area contributed by atoms with Gasteiger partial charge < -0.3 is 16.2 Å². The van der Waals surface area contributed by atoms with Crippen molar-refractivity contribution in [3.63, 3.8) is 0 Å². The molecule has 0 atom stereocenters. The molecule has 0 saturated heterocycles. The number of imidazole rings is 1. The first-order valence-electron chi connectivity index (χ1n) is 8.07. The Morgan fingerprint density at radius 3 is 2.73 bits per heavy atom.